The maximum atomic E-state index is 13.3. The van der Waals surface area contributed by atoms with E-state index in [0.29, 0.717) is 16.9 Å². The summed E-state index contributed by atoms with van der Waals surface area (Å²) in [7, 11) is 0. The van der Waals surface area contributed by atoms with Crippen molar-refractivity contribution < 1.29 is 23.4 Å². The van der Waals surface area contributed by atoms with E-state index in [2.05, 4.69) is 0 Å². The average Bonchev–Trinajstić information content (AvgIpc) is 2.79. The summed E-state index contributed by atoms with van der Waals surface area (Å²) in [6.07, 6.45) is 1.28. The summed E-state index contributed by atoms with van der Waals surface area (Å²) in [5, 5.41) is 8.82. The first-order chi connectivity index (χ1) is 8.58. The Hall–Kier alpha value is -2.30. The van der Waals surface area contributed by atoms with Crippen molar-refractivity contribution in [2.75, 3.05) is 0 Å². The van der Waals surface area contributed by atoms with Gasteiger partial charge in [0.2, 0.25) is 5.76 Å². The second-order valence-electron chi connectivity index (χ2n) is 3.78. The van der Waals surface area contributed by atoms with Gasteiger partial charge in [0.25, 0.3) is 0 Å². The second kappa shape index (κ2) is 4.91. The highest BCUT2D eigenvalue weighted by atomic mass is 19.1. The molecule has 0 aliphatic rings. The van der Waals surface area contributed by atoms with E-state index in [1.807, 2.05) is 0 Å². The Bertz CT molecular complexity index is 574. The lowest BCUT2D eigenvalue weighted by molar-refractivity contribution is 0.0658. The molecule has 1 heterocycles. The maximum absolute atomic E-state index is 13.3. The third-order valence-electron chi connectivity index (χ3n) is 2.48. The van der Waals surface area contributed by atoms with Crippen molar-refractivity contribution in [1.29, 1.82) is 0 Å². The number of hydrogen-bond donors (Lipinski definition) is 1. The Labute approximate surface area is 103 Å². The highest BCUT2D eigenvalue weighted by Crippen LogP contribution is 2.18. The van der Waals surface area contributed by atoms with Crippen LogP contribution in [0.15, 0.2) is 34.9 Å². The van der Waals surface area contributed by atoms with Crippen LogP contribution in [-0.4, -0.2) is 11.1 Å². The number of furan rings is 1. The summed E-state index contributed by atoms with van der Waals surface area (Å²) < 4.78 is 23.4. The number of halogens is 1. The molecule has 18 heavy (non-hydrogen) atoms. The van der Waals surface area contributed by atoms with E-state index in [1.54, 1.807) is 19.1 Å². The van der Waals surface area contributed by atoms with Crippen molar-refractivity contribution in [2.24, 2.45) is 0 Å². The lowest BCUT2D eigenvalue weighted by Crippen LogP contribution is -2.02. The Kier molecular flexibility index (Phi) is 3.32. The van der Waals surface area contributed by atoms with Gasteiger partial charge in [-0.2, -0.15) is 0 Å². The van der Waals surface area contributed by atoms with Crippen molar-refractivity contribution in [3.8, 4) is 5.75 Å². The molecular formula is C13H11FO4. The molecule has 0 saturated carbocycles. The minimum Gasteiger partial charge on any atom is -0.489 e. The quantitative estimate of drug-likeness (QED) is 0.906. The molecule has 0 saturated heterocycles. The predicted octanol–water partition coefficient (Wildman–Crippen LogP) is 3.00. The average molecular weight is 250 g/mol. The highest BCUT2D eigenvalue weighted by molar-refractivity contribution is 5.86. The van der Waals surface area contributed by atoms with Crippen molar-refractivity contribution >= 4 is 5.97 Å². The van der Waals surface area contributed by atoms with E-state index in [1.165, 1.54) is 18.4 Å². The van der Waals surface area contributed by atoms with E-state index < -0.39 is 5.97 Å². The monoisotopic (exact) mass is 250 g/mol. The van der Waals surface area contributed by atoms with Crippen molar-refractivity contribution in [1.82, 2.24) is 0 Å². The zero-order valence-electron chi connectivity index (χ0n) is 9.64. The molecule has 2 aromatic rings. The van der Waals surface area contributed by atoms with E-state index >= 15 is 0 Å². The molecule has 0 bridgehead atoms. The van der Waals surface area contributed by atoms with Crippen LogP contribution in [0.2, 0.25) is 0 Å². The molecule has 94 valence electrons. The van der Waals surface area contributed by atoms with Gasteiger partial charge in [-0.25, -0.2) is 9.18 Å². The van der Waals surface area contributed by atoms with E-state index in [9.17, 15) is 9.18 Å². The maximum Gasteiger partial charge on any atom is 0.372 e. The lowest BCUT2D eigenvalue weighted by atomic mass is 10.2. The molecule has 1 aromatic heterocycles. The van der Waals surface area contributed by atoms with Crippen LogP contribution < -0.4 is 4.74 Å². The Morgan fingerprint density at radius 2 is 2.22 bits per heavy atom. The van der Waals surface area contributed by atoms with Crippen molar-refractivity contribution in [3.05, 3.63) is 53.2 Å². The fourth-order valence-corrected chi connectivity index (χ4v) is 1.46. The van der Waals surface area contributed by atoms with Gasteiger partial charge in [-0.1, -0.05) is 6.07 Å². The topological polar surface area (TPSA) is 59.7 Å². The number of rotatable bonds is 4. The molecule has 0 aliphatic carbocycles. The normalized spacial score (nSPS) is 10.3. The number of aryl methyl sites for hydroxylation is 1. The van der Waals surface area contributed by atoms with Gasteiger partial charge in [0, 0.05) is 11.6 Å². The first kappa shape index (κ1) is 12.2. The largest absolute Gasteiger partial charge is 0.489 e. The summed E-state index contributed by atoms with van der Waals surface area (Å²) in [5.41, 5.74) is 0.931. The Balaban J connectivity index is 2.09. The molecule has 2 rings (SSSR count). The number of ether oxygens (including phenoxy) is 1. The molecule has 0 amide bonds. The summed E-state index contributed by atoms with van der Waals surface area (Å²) in [6.45, 7) is 1.67. The Morgan fingerprint density at radius 1 is 1.44 bits per heavy atom. The van der Waals surface area contributed by atoms with Gasteiger partial charge in [-0.05, 0) is 24.6 Å². The van der Waals surface area contributed by atoms with E-state index in [0.717, 1.165) is 0 Å². The second-order valence-corrected chi connectivity index (χ2v) is 3.78. The number of aromatic carboxylic acids is 1. The number of hydrogen-bond acceptors (Lipinski definition) is 3. The lowest BCUT2D eigenvalue weighted by Gasteiger charge is -2.06. The third-order valence-corrected chi connectivity index (χ3v) is 2.48. The van der Waals surface area contributed by atoms with Gasteiger partial charge in [0.05, 0.1) is 6.26 Å². The van der Waals surface area contributed by atoms with Crippen LogP contribution in [0.25, 0.3) is 0 Å². The minimum atomic E-state index is -1.16. The summed E-state index contributed by atoms with van der Waals surface area (Å²) >= 11 is 0. The van der Waals surface area contributed by atoms with Crippen molar-refractivity contribution in [2.45, 2.75) is 13.5 Å². The zero-order valence-corrected chi connectivity index (χ0v) is 9.64. The van der Waals surface area contributed by atoms with E-state index in [-0.39, 0.29) is 18.2 Å². The number of carboxylic acids is 1. The zero-order chi connectivity index (χ0) is 13.1. The van der Waals surface area contributed by atoms with E-state index in [4.69, 9.17) is 14.3 Å². The molecular weight excluding hydrogens is 239 g/mol. The summed E-state index contributed by atoms with van der Waals surface area (Å²) in [6, 6.07) is 5.99. The van der Waals surface area contributed by atoms with Crippen molar-refractivity contribution in [3.63, 3.8) is 0 Å². The number of carboxylic acid groups (broad SMARTS) is 1. The van der Waals surface area contributed by atoms with Crippen LogP contribution >= 0.6 is 0 Å². The number of benzene rings is 1. The molecule has 0 unspecified atom stereocenters. The van der Waals surface area contributed by atoms with Crippen LogP contribution in [0.4, 0.5) is 4.39 Å². The molecule has 0 atom stereocenters. The van der Waals surface area contributed by atoms with Crippen LogP contribution in [0.5, 0.6) is 5.75 Å². The smallest absolute Gasteiger partial charge is 0.372 e. The fourth-order valence-electron chi connectivity index (χ4n) is 1.46. The van der Waals surface area contributed by atoms with Gasteiger partial charge >= 0.3 is 5.97 Å². The van der Waals surface area contributed by atoms with Crippen LogP contribution in [0, 0.1) is 12.7 Å². The molecule has 1 aromatic carbocycles. The molecule has 0 fully saturated rings. The SMILES string of the molecule is Cc1ccc(OCc2ccoc2C(=O)O)cc1F. The first-order valence-corrected chi connectivity index (χ1v) is 5.26. The predicted molar refractivity (Wildman–Crippen MR) is 61.1 cm³/mol. The highest BCUT2D eigenvalue weighted by Gasteiger charge is 2.14. The molecule has 5 heteroatoms. The van der Waals surface area contributed by atoms with Crippen LogP contribution in [-0.2, 0) is 6.61 Å². The summed E-state index contributed by atoms with van der Waals surface area (Å²) in [4.78, 5) is 10.8. The van der Waals surface area contributed by atoms with Crippen LogP contribution in [0.3, 0.4) is 0 Å². The fraction of sp³-hybridized carbons (Fsp3) is 0.154. The van der Waals surface area contributed by atoms with Gasteiger partial charge in [-0.15, -0.1) is 0 Å². The molecule has 1 N–H and O–H groups in total. The first-order valence-electron chi connectivity index (χ1n) is 5.26. The van der Waals surface area contributed by atoms with Crippen LogP contribution in [0.1, 0.15) is 21.7 Å². The summed E-state index contributed by atoms with van der Waals surface area (Å²) in [5.74, 6) is -1.34. The van der Waals surface area contributed by atoms with Gasteiger partial charge in [-0.3, -0.25) is 0 Å². The van der Waals surface area contributed by atoms with Gasteiger partial charge in [0.1, 0.15) is 18.2 Å². The molecule has 0 spiro atoms. The molecule has 0 aliphatic heterocycles. The van der Waals surface area contributed by atoms with Gasteiger partial charge in [0.15, 0.2) is 0 Å². The minimum absolute atomic E-state index is 0.0145. The molecule has 4 nitrogen and oxygen atoms in total. The number of carbonyl (C=O) groups is 1. The van der Waals surface area contributed by atoms with Gasteiger partial charge < -0.3 is 14.3 Å². The Morgan fingerprint density at radius 3 is 2.89 bits per heavy atom. The third kappa shape index (κ3) is 2.51. The standard InChI is InChI=1S/C13H11FO4/c1-8-2-3-10(6-11(8)14)18-7-9-4-5-17-12(9)13(15)16/h2-6H,7H2,1H3,(H,15,16). The molecule has 0 radical (unpaired) electrons.